The Kier molecular flexibility index (Phi) is 6.05. The summed E-state index contributed by atoms with van der Waals surface area (Å²) in [5.74, 6) is 0.983. The number of hydrogen-bond donors (Lipinski definition) is 2. The maximum absolute atomic E-state index is 13.0. The molecule has 1 aliphatic heterocycles. The van der Waals surface area contributed by atoms with E-state index in [-0.39, 0.29) is 11.2 Å². The first-order valence-electron chi connectivity index (χ1n) is 10.8. The van der Waals surface area contributed by atoms with Crippen LogP contribution in [0.4, 0.5) is 30.4 Å². The molecule has 4 rings (SSSR count). The van der Waals surface area contributed by atoms with Crippen LogP contribution in [0.1, 0.15) is 37.5 Å². The number of halogens is 3. The van der Waals surface area contributed by atoms with Crippen LogP contribution in [0.2, 0.25) is 0 Å². The highest BCUT2D eigenvalue weighted by atomic mass is 19.4. The molecule has 176 valence electrons. The average molecular weight is 460 g/mol. The van der Waals surface area contributed by atoms with E-state index in [1.165, 1.54) is 12.1 Å². The fraction of sp³-hybridized carbons (Fsp3) is 0.360. The van der Waals surface area contributed by atoms with Gasteiger partial charge in [0, 0.05) is 30.5 Å². The number of aromatic hydroxyl groups is 1. The van der Waals surface area contributed by atoms with Crippen molar-refractivity contribution in [2.24, 2.45) is 5.41 Å². The molecule has 0 saturated heterocycles. The second kappa shape index (κ2) is 8.67. The van der Waals surface area contributed by atoms with Gasteiger partial charge in [-0.15, -0.1) is 0 Å². The number of alkyl halides is 3. The molecule has 0 radical (unpaired) electrons. The first-order valence-corrected chi connectivity index (χ1v) is 10.8. The zero-order valence-electron chi connectivity index (χ0n) is 18.9. The number of rotatable bonds is 5. The summed E-state index contributed by atoms with van der Waals surface area (Å²) in [4.78, 5) is 2.18. The molecule has 2 aromatic carbocycles. The van der Waals surface area contributed by atoms with Crippen molar-refractivity contribution < 1.29 is 23.0 Å². The lowest BCUT2D eigenvalue weighted by Crippen LogP contribution is -2.37. The highest BCUT2D eigenvalue weighted by molar-refractivity contribution is 5.71. The van der Waals surface area contributed by atoms with Crippen molar-refractivity contribution in [3.63, 3.8) is 0 Å². The summed E-state index contributed by atoms with van der Waals surface area (Å²) in [6, 6.07) is 12.0. The molecule has 0 spiro atoms. The number of hydrogen-bond acceptors (Lipinski definition) is 4. The summed E-state index contributed by atoms with van der Waals surface area (Å²) in [5.41, 5.74) is 2.97. The normalized spacial score (nSPS) is 14.3. The van der Waals surface area contributed by atoms with E-state index in [9.17, 15) is 18.3 Å². The monoisotopic (exact) mass is 459 g/mol. The van der Waals surface area contributed by atoms with Gasteiger partial charge in [0.1, 0.15) is 18.3 Å². The van der Waals surface area contributed by atoms with E-state index in [0.717, 1.165) is 47.0 Å². The van der Waals surface area contributed by atoms with E-state index in [4.69, 9.17) is 4.74 Å². The molecule has 2 heterocycles. The van der Waals surface area contributed by atoms with Crippen molar-refractivity contribution in [1.29, 1.82) is 0 Å². The molecule has 0 atom stereocenters. The molecule has 1 aromatic heterocycles. The molecule has 0 amide bonds. The van der Waals surface area contributed by atoms with Gasteiger partial charge in [-0.2, -0.15) is 13.2 Å². The minimum atomic E-state index is -4.36. The maximum Gasteiger partial charge on any atom is 0.416 e. The highest BCUT2D eigenvalue weighted by Gasteiger charge is 2.30. The Balaban J connectivity index is 1.70. The molecule has 1 aliphatic rings. The van der Waals surface area contributed by atoms with Crippen molar-refractivity contribution in [3.05, 3.63) is 71.4 Å². The Hall–Kier alpha value is -3.13. The van der Waals surface area contributed by atoms with Gasteiger partial charge >= 0.3 is 6.18 Å². The minimum absolute atomic E-state index is 0.0536. The molecule has 3 aromatic rings. The number of phenolic OH excluding ortho intramolecular Hbond substituents is 1. The summed E-state index contributed by atoms with van der Waals surface area (Å²) >= 11 is 0. The van der Waals surface area contributed by atoms with Gasteiger partial charge < -0.3 is 24.6 Å². The van der Waals surface area contributed by atoms with Gasteiger partial charge in [-0.25, -0.2) is 0 Å². The molecular weight excluding hydrogens is 431 g/mol. The molecule has 8 heteroatoms. The summed E-state index contributed by atoms with van der Waals surface area (Å²) in [5, 5.41) is 13.0. The number of anilines is 3. The van der Waals surface area contributed by atoms with Crippen LogP contribution >= 0.6 is 0 Å². The van der Waals surface area contributed by atoms with E-state index >= 15 is 0 Å². The van der Waals surface area contributed by atoms with E-state index < -0.39 is 11.7 Å². The number of phenols is 1. The van der Waals surface area contributed by atoms with Crippen LogP contribution in [0.5, 0.6) is 5.75 Å². The van der Waals surface area contributed by atoms with Crippen LogP contribution < -0.4 is 10.2 Å². The van der Waals surface area contributed by atoms with E-state index in [1.807, 2.05) is 10.8 Å². The second-order valence-corrected chi connectivity index (χ2v) is 9.57. The lowest BCUT2D eigenvalue weighted by Gasteiger charge is -2.34. The van der Waals surface area contributed by atoms with Crippen molar-refractivity contribution in [2.75, 3.05) is 23.5 Å². The predicted octanol–water partition coefficient (Wildman–Crippen LogP) is 6.34. The third kappa shape index (κ3) is 5.45. The van der Waals surface area contributed by atoms with E-state index in [2.05, 4.69) is 31.0 Å². The quantitative estimate of drug-likeness (QED) is 0.437. The summed E-state index contributed by atoms with van der Waals surface area (Å²) < 4.78 is 46.8. The van der Waals surface area contributed by atoms with Gasteiger partial charge in [0.15, 0.2) is 0 Å². The van der Waals surface area contributed by atoms with Crippen LogP contribution in [-0.2, 0) is 24.1 Å². The summed E-state index contributed by atoms with van der Waals surface area (Å²) in [6.45, 7) is 8.59. The fourth-order valence-electron chi connectivity index (χ4n) is 3.98. The summed E-state index contributed by atoms with van der Waals surface area (Å²) in [6.07, 6.45) is -2.33. The molecule has 0 unspecified atom stereocenters. The van der Waals surface area contributed by atoms with Crippen molar-refractivity contribution in [1.82, 2.24) is 4.57 Å². The third-order valence-electron chi connectivity index (χ3n) is 5.42. The average Bonchev–Trinajstić information content (AvgIpc) is 3.06. The zero-order valence-corrected chi connectivity index (χ0v) is 18.9. The van der Waals surface area contributed by atoms with Gasteiger partial charge in [-0.05, 0) is 47.4 Å². The lowest BCUT2D eigenvalue weighted by molar-refractivity contribution is -0.137. The Labute approximate surface area is 191 Å². The molecule has 0 aliphatic carbocycles. The van der Waals surface area contributed by atoms with Crippen LogP contribution in [0, 0.1) is 5.41 Å². The number of fused-ring (bicyclic) bond motifs is 1. The number of benzene rings is 2. The number of nitrogens with one attached hydrogen (secondary N) is 1. The standard InChI is InChI=1S/C25H28F3N3O2/c1-24(2,3)15-31-16-33-14-21-22(31)13-30(23(21)29-19-8-10-20(32)11-9-19)12-17-4-6-18(7-5-17)25(26,27)28/h4-11,13,29,32H,12,14-16H2,1-3H3. The van der Waals surface area contributed by atoms with Crippen molar-refractivity contribution >= 4 is 17.2 Å². The Bertz CT molecular complexity index is 1100. The first kappa shape index (κ1) is 23.0. The Morgan fingerprint density at radius 1 is 1.00 bits per heavy atom. The van der Waals surface area contributed by atoms with Crippen LogP contribution in [0.3, 0.4) is 0 Å². The number of ether oxygens (including phenoxy) is 1. The SMILES string of the molecule is CC(C)(C)CN1COCc2c1cn(Cc1ccc(C(F)(F)F)cc1)c2Nc1ccc(O)cc1. The lowest BCUT2D eigenvalue weighted by atomic mass is 9.96. The smallest absolute Gasteiger partial charge is 0.416 e. The van der Waals surface area contributed by atoms with E-state index in [0.29, 0.717) is 19.9 Å². The van der Waals surface area contributed by atoms with Gasteiger partial charge in [0.2, 0.25) is 0 Å². The van der Waals surface area contributed by atoms with E-state index in [1.54, 1.807) is 24.3 Å². The molecule has 0 bridgehead atoms. The predicted molar refractivity (Wildman–Crippen MR) is 123 cm³/mol. The molecule has 0 saturated carbocycles. The molecular formula is C25H28F3N3O2. The molecule has 2 N–H and O–H groups in total. The largest absolute Gasteiger partial charge is 0.508 e. The van der Waals surface area contributed by atoms with Crippen molar-refractivity contribution in [2.45, 2.75) is 40.1 Å². The third-order valence-corrected chi connectivity index (χ3v) is 5.42. The highest BCUT2D eigenvalue weighted by Crippen LogP contribution is 2.38. The second-order valence-electron chi connectivity index (χ2n) is 9.57. The molecule has 33 heavy (non-hydrogen) atoms. The Morgan fingerprint density at radius 3 is 2.27 bits per heavy atom. The zero-order chi connectivity index (χ0) is 23.8. The van der Waals surface area contributed by atoms with Crippen LogP contribution in [-0.4, -0.2) is 22.9 Å². The van der Waals surface area contributed by atoms with Gasteiger partial charge in [0.25, 0.3) is 0 Å². The molecule has 5 nitrogen and oxygen atoms in total. The van der Waals surface area contributed by atoms with Crippen molar-refractivity contribution in [3.8, 4) is 5.75 Å². The van der Waals surface area contributed by atoms with Gasteiger partial charge in [-0.1, -0.05) is 32.9 Å². The number of aromatic nitrogens is 1. The molecule has 0 fully saturated rings. The minimum Gasteiger partial charge on any atom is -0.508 e. The first-order chi connectivity index (χ1) is 15.5. The van der Waals surface area contributed by atoms with Gasteiger partial charge in [0.05, 0.1) is 17.9 Å². The topological polar surface area (TPSA) is 49.7 Å². The van der Waals surface area contributed by atoms with Crippen LogP contribution in [0.25, 0.3) is 0 Å². The van der Waals surface area contributed by atoms with Gasteiger partial charge in [-0.3, -0.25) is 0 Å². The summed E-state index contributed by atoms with van der Waals surface area (Å²) in [7, 11) is 0. The fourth-order valence-corrected chi connectivity index (χ4v) is 3.98. The van der Waals surface area contributed by atoms with Crippen LogP contribution in [0.15, 0.2) is 54.7 Å². The Morgan fingerprint density at radius 2 is 1.67 bits per heavy atom. The number of nitrogens with zero attached hydrogens (tertiary/aromatic N) is 2. The maximum atomic E-state index is 13.0.